The number of carboxylic acids is 1. The molecular weight excluding hydrogens is 454 g/mol. The molecular formula is C23H16ClNO4S2. The lowest BCUT2D eigenvalue weighted by Gasteiger charge is -2.17. The lowest BCUT2D eigenvalue weighted by atomic mass is 10.1. The van der Waals surface area contributed by atoms with Crippen molar-refractivity contribution in [3.05, 3.63) is 80.9 Å². The van der Waals surface area contributed by atoms with Crippen LogP contribution >= 0.6 is 35.6 Å². The number of aryl methyl sites for hydroxylation is 2. The molecule has 1 aromatic heterocycles. The first-order valence-corrected chi connectivity index (χ1v) is 10.8. The van der Waals surface area contributed by atoms with Crippen LogP contribution in [0, 0.1) is 13.8 Å². The molecule has 2 heterocycles. The zero-order chi connectivity index (χ0) is 22.3. The van der Waals surface area contributed by atoms with Crippen molar-refractivity contribution >= 4 is 63.5 Å². The molecule has 8 heteroatoms. The molecule has 1 saturated heterocycles. The number of halogens is 1. The van der Waals surface area contributed by atoms with E-state index in [0.717, 1.165) is 16.8 Å². The summed E-state index contributed by atoms with van der Waals surface area (Å²) < 4.78 is 6.28. The Morgan fingerprint density at radius 1 is 1.16 bits per heavy atom. The second kappa shape index (κ2) is 8.34. The number of anilines is 1. The van der Waals surface area contributed by atoms with Gasteiger partial charge in [0.25, 0.3) is 5.91 Å². The second-order valence-electron chi connectivity index (χ2n) is 7.01. The highest BCUT2D eigenvalue weighted by atomic mass is 35.5. The van der Waals surface area contributed by atoms with E-state index in [4.69, 9.17) is 28.2 Å². The molecule has 0 unspecified atom stereocenters. The van der Waals surface area contributed by atoms with E-state index in [1.165, 1.54) is 34.9 Å². The number of thioether (sulfide) groups is 1. The topological polar surface area (TPSA) is 70.8 Å². The van der Waals surface area contributed by atoms with Crippen LogP contribution in [0.2, 0.25) is 5.02 Å². The number of carbonyl (C=O) groups is 2. The van der Waals surface area contributed by atoms with Crippen molar-refractivity contribution in [2.45, 2.75) is 13.8 Å². The van der Waals surface area contributed by atoms with Crippen molar-refractivity contribution in [2.75, 3.05) is 4.90 Å². The number of benzene rings is 2. The van der Waals surface area contributed by atoms with Crippen molar-refractivity contribution in [3.63, 3.8) is 0 Å². The summed E-state index contributed by atoms with van der Waals surface area (Å²) in [5.74, 6) is -0.428. The average molecular weight is 470 g/mol. The predicted molar refractivity (Wildman–Crippen MR) is 128 cm³/mol. The van der Waals surface area contributed by atoms with Crippen LogP contribution < -0.4 is 4.90 Å². The summed E-state index contributed by atoms with van der Waals surface area (Å²) in [6.45, 7) is 3.94. The Kier molecular flexibility index (Phi) is 5.75. The van der Waals surface area contributed by atoms with Gasteiger partial charge in [0.15, 0.2) is 4.32 Å². The number of carbonyl (C=O) groups excluding carboxylic acids is 1. The van der Waals surface area contributed by atoms with Gasteiger partial charge in [-0.2, -0.15) is 0 Å². The number of nitrogens with zero attached hydrogens (tertiary/aromatic N) is 1. The molecule has 2 aromatic carbocycles. The molecule has 156 valence electrons. The molecule has 4 rings (SSSR count). The highest BCUT2D eigenvalue weighted by Crippen LogP contribution is 2.38. The van der Waals surface area contributed by atoms with Gasteiger partial charge in [-0.05, 0) is 55.8 Å². The third kappa shape index (κ3) is 4.17. The minimum atomic E-state index is -1.06. The molecule has 0 saturated carbocycles. The van der Waals surface area contributed by atoms with Crippen LogP contribution in [-0.2, 0) is 4.79 Å². The zero-order valence-corrected chi connectivity index (χ0v) is 18.9. The van der Waals surface area contributed by atoms with Gasteiger partial charge in [-0.25, -0.2) is 4.79 Å². The Morgan fingerprint density at radius 3 is 2.65 bits per heavy atom. The Morgan fingerprint density at radius 2 is 1.94 bits per heavy atom. The zero-order valence-electron chi connectivity index (χ0n) is 16.5. The van der Waals surface area contributed by atoms with Crippen LogP contribution in [-0.4, -0.2) is 21.3 Å². The summed E-state index contributed by atoms with van der Waals surface area (Å²) in [6, 6.07) is 13.6. The second-order valence-corrected chi connectivity index (χ2v) is 9.09. The summed E-state index contributed by atoms with van der Waals surface area (Å²) >= 11 is 12.9. The fraction of sp³-hybridized carbons (Fsp3) is 0.0870. The Hall–Kier alpha value is -2.87. The number of carboxylic acid groups (broad SMARTS) is 1. The summed E-state index contributed by atoms with van der Waals surface area (Å²) in [7, 11) is 0. The van der Waals surface area contributed by atoms with Crippen molar-refractivity contribution in [3.8, 4) is 11.3 Å². The highest BCUT2D eigenvalue weighted by molar-refractivity contribution is 8.27. The van der Waals surface area contributed by atoms with Gasteiger partial charge in [0, 0.05) is 11.6 Å². The fourth-order valence-corrected chi connectivity index (χ4v) is 4.76. The van der Waals surface area contributed by atoms with Crippen molar-refractivity contribution in [1.29, 1.82) is 0 Å². The van der Waals surface area contributed by atoms with Gasteiger partial charge in [0.2, 0.25) is 0 Å². The van der Waals surface area contributed by atoms with E-state index in [2.05, 4.69) is 0 Å². The maximum Gasteiger partial charge on any atom is 0.335 e. The molecule has 0 aliphatic carbocycles. The highest BCUT2D eigenvalue weighted by Gasteiger charge is 2.34. The van der Waals surface area contributed by atoms with Gasteiger partial charge in [0.1, 0.15) is 11.5 Å². The van der Waals surface area contributed by atoms with Crippen LogP contribution in [0.4, 0.5) is 5.69 Å². The molecule has 1 fully saturated rings. The first-order valence-electron chi connectivity index (χ1n) is 9.23. The lowest BCUT2D eigenvalue weighted by Crippen LogP contribution is -2.28. The number of hydrogen-bond donors (Lipinski definition) is 1. The van der Waals surface area contributed by atoms with Gasteiger partial charge in [0.05, 0.1) is 21.2 Å². The Bertz CT molecular complexity index is 1280. The Labute approximate surface area is 193 Å². The molecule has 5 nitrogen and oxygen atoms in total. The number of thiocarbonyl (C=S) groups is 1. The maximum absolute atomic E-state index is 13.0. The molecule has 31 heavy (non-hydrogen) atoms. The molecule has 0 spiro atoms. The van der Waals surface area contributed by atoms with Crippen molar-refractivity contribution in [2.24, 2.45) is 0 Å². The number of hydrogen-bond acceptors (Lipinski definition) is 5. The Balaban J connectivity index is 1.64. The van der Waals surface area contributed by atoms with Crippen LogP contribution in [0.1, 0.15) is 27.2 Å². The summed E-state index contributed by atoms with van der Waals surface area (Å²) in [5.41, 5.74) is 3.39. The fourth-order valence-electron chi connectivity index (χ4n) is 3.28. The van der Waals surface area contributed by atoms with Crippen LogP contribution in [0.15, 0.2) is 57.9 Å². The van der Waals surface area contributed by atoms with E-state index in [1.807, 2.05) is 32.0 Å². The first kappa shape index (κ1) is 21.4. The molecule has 0 atom stereocenters. The van der Waals surface area contributed by atoms with Crippen molar-refractivity contribution in [1.82, 2.24) is 0 Å². The van der Waals surface area contributed by atoms with Crippen molar-refractivity contribution < 1.29 is 19.1 Å². The van der Waals surface area contributed by atoms with E-state index in [1.54, 1.807) is 18.2 Å². The number of amides is 1. The summed E-state index contributed by atoms with van der Waals surface area (Å²) in [6.07, 6.45) is 1.63. The first-order chi connectivity index (χ1) is 14.7. The molecule has 1 amide bonds. The van der Waals surface area contributed by atoms with Crippen LogP contribution in [0.25, 0.3) is 17.4 Å². The molecule has 0 bridgehead atoms. The number of furan rings is 1. The average Bonchev–Trinajstić information content (AvgIpc) is 3.27. The minimum absolute atomic E-state index is 0.103. The summed E-state index contributed by atoms with van der Waals surface area (Å²) in [5, 5.41) is 9.58. The van der Waals surface area contributed by atoms with Gasteiger partial charge >= 0.3 is 5.97 Å². The maximum atomic E-state index is 13.0. The van der Waals surface area contributed by atoms with E-state index < -0.39 is 5.97 Å². The van der Waals surface area contributed by atoms with Gasteiger partial charge in [-0.3, -0.25) is 9.69 Å². The van der Waals surface area contributed by atoms with E-state index in [9.17, 15) is 14.7 Å². The molecule has 0 radical (unpaired) electrons. The standard InChI is InChI=1S/C23H16ClNO4S2/c1-12-3-7-18(13(2)9-12)25-21(26)20(31-23(25)30)11-15-5-8-19(29-15)16-10-14(22(27)28)4-6-17(16)24/h3-11H,1-2H3,(H,27,28)/b20-11+. The smallest absolute Gasteiger partial charge is 0.335 e. The van der Waals surface area contributed by atoms with Gasteiger partial charge in [-0.15, -0.1) is 0 Å². The van der Waals surface area contributed by atoms with Crippen LogP contribution in [0.3, 0.4) is 0 Å². The van der Waals surface area contributed by atoms with E-state index in [-0.39, 0.29) is 11.5 Å². The summed E-state index contributed by atoms with van der Waals surface area (Å²) in [4.78, 5) is 26.2. The third-order valence-corrected chi connectivity index (χ3v) is 6.40. The molecule has 1 N–H and O–H groups in total. The molecule has 1 aliphatic heterocycles. The monoisotopic (exact) mass is 469 g/mol. The SMILES string of the molecule is Cc1ccc(N2C(=O)/C(=C\c3ccc(-c4cc(C(=O)O)ccc4Cl)o3)SC2=S)c(C)c1. The largest absolute Gasteiger partial charge is 0.478 e. The van der Waals surface area contributed by atoms with Crippen LogP contribution in [0.5, 0.6) is 0 Å². The minimum Gasteiger partial charge on any atom is -0.478 e. The quantitative estimate of drug-likeness (QED) is 0.356. The lowest BCUT2D eigenvalue weighted by molar-refractivity contribution is -0.113. The normalized spacial score (nSPS) is 15.2. The third-order valence-electron chi connectivity index (χ3n) is 4.77. The van der Waals surface area contributed by atoms with E-state index >= 15 is 0 Å². The molecule has 3 aromatic rings. The van der Waals surface area contributed by atoms with Gasteiger partial charge in [-0.1, -0.05) is 53.3 Å². The number of aromatic carboxylic acids is 1. The predicted octanol–water partition coefficient (Wildman–Crippen LogP) is 6.32. The van der Waals surface area contributed by atoms with E-state index in [0.29, 0.717) is 31.3 Å². The van der Waals surface area contributed by atoms with Gasteiger partial charge < -0.3 is 9.52 Å². The number of rotatable bonds is 4. The molecule has 1 aliphatic rings.